The number of amides is 1. The number of benzene rings is 1. The van der Waals surface area contributed by atoms with Crippen LogP contribution in [0.25, 0.3) is 0 Å². The predicted octanol–water partition coefficient (Wildman–Crippen LogP) is 2.06. The summed E-state index contributed by atoms with van der Waals surface area (Å²) in [5.74, 6) is 0.258. The molecule has 0 radical (unpaired) electrons. The Balaban J connectivity index is 1.50. The molecule has 8 nitrogen and oxygen atoms in total. The first-order chi connectivity index (χ1) is 13.5. The molecule has 0 atom stereocenters. The summed E-state index contributed by atoms with van der Waals surface area (Å²) < 4.78 is 16.0. The minimum Gasteiger partial charge on any atom is -0.336 e. The van der Waals surface area contributed by atoms with Crippen LogP contribution >= 0.6 is 11.6 Å². The van der Waals surface area contributed by atoms with Crippen molar-refractivity contribution in [3.8, 4) is 0 Å². The van der Waals surface area contributed by atoms with Crippen LogP contribution in [-0.4, -0.2) is 47.8 Å². The summed E-state index contributed by atoms with van der Waals surface area (Å²) in [5, 5.41) is 18.4. The highest BCUT2D eigenvalue weighted by Gasteiger charge is 2.26. The van der Waals surface area contributed by atoms with E-state index in [-0.39, 0.29) is 11.7 Å². The first kappa shape index (κ1) is 18.5. The molecular formula is C18H19ClFN7O. The van der Waals surface area contributed by atoms with Gasteiger partial charge in [0.25, 0.3) is 0 Å². The molecule has 0 fully saturated rings. The van der Waals surface area contributed by atoms with E-state index in [0.29, 0.717) is 48.9 Å². The van der Waals surface area contributed by atoms with Gasteiger partial charge in [-0.3, -0.25) is 9.48 Å². The average molecular weight is 404 g/mol. The summed E-state index contributed by atoms with van der Waals surface area (Å²) in [6, 6.07) is 4.63. The van der Waals surface area contributed by atoms with Gasteiger partial charge in [0.15, 0.2) is 0 Å². The summed E-state index contributed by atoms with van der Waals surface area (Å²) >= 11 is 5.84. The fraction of sp³-hybridized carbons (Fsp3) is 0.389. The molecule has 0 aliphatic carbocycles. The topological polar surface area (TPSA) is 92.6 Å². The Morgan fingerprint density at radius 2 is 2.25 bits per heavy atom. The van der Waals surface area contributed by atoms with E-state index >= 15 is 0 Å². The number of hydrogen-bond donors (Lipinski definition) is 1. The summed E-state index contributed by atoms with van der Waals surface area (Å²) in [6.07, 6.45) is 1.52. The van der Waals surface area contributed by atoms with Gasteiger partial charge in [0.1, 0.15) is 11.6 Å². The second-order valence-electron chi connectivity index (χ2n) is 6.82. The van der Waals surface area contributed by atoms with E-state index in [1.165, 1.54) is 6.07 Å². The molecule has 0 spiro atoms. The van der Waals surface area contributed by atoms with Crippen LogP contribution in [0.2, 0.25) is 5.02 Å². The average Bonchev–Trinajstić information content (AvgIpc) is 3.30. The number of halogens is 2. The van der Waals surface area contributed by atoms with Crippen molar-refractivity contribution in [1.82, 2.24) is 35.3 Å². The standard InChI is InChI=1S/C18H19ClFN7O/c1-11-14-6-7-26(18(28)5-4-17-21-24-25-22-17)10-16(14)27(23-11)9-12-2-3-13(19)8-15(12)20/h2-3,8H,4-7,9-10H2,1H3,(H,21,22,24,25). The molecule has 1 aromatic carbocycles. The van der Waals surface area contributed by atoms with Crippen molar-refractivity contribution >= 4 is 17.5 Å². The highest BCUT2D eigenvalue weighted by molar-refractivity contribution is 6.30. The molecule has 146 valence electrons. The molecule has 1 N–H and O–H groups in total. The Hall–Kier alpha value is -2.81. The van der Waals surface area contributed by atoms with E-state index in [9.17, 15) is 9.18 Å². The van der Waals surface area contributed by atoms with Crippen LogP contribution in [0, 0.1) is 12.7 Å². The number of aromatic nitrogens is 6. The van der Waals surface area contributed by atoms with E-state index in [1.54, 1.807) is 16.8 Å². The highest BCUT2D eigenvalue weighted by Crippen LogP contribution is 2.24. The number of tetrazole rings is 1. The Morgan fingerprint density at radius 1 is 1.39 bits per heavy atom. The Morgan fingerprint density at radius 3 is 3.00 bits per heavy atom. The number of hydrogen-bond acceptors (Lipinski definition) is 5. The van der Waals surface area contributed by atoms with Gasteiger partial charge in [-0.2, -0.15) is 5.10 Å². The Labute approximate surface area is 165 Å². The number of carbonyl (C=O) groups is 1. The monoisotopic (exact) mass is 403 g/mol. The van der Waals surface area contributed by atoms with Crippen LogP contribution in [0.4, 0.5) is 4.39 Å². The fourth-order valence-corrected chi connectivity index (χ4v) is 3.66. The van der Waals surface area contributed by atoms with Crippen molar-refractivity contribution in [2.45, 2.75) is 39.3 Å². The van der Waals surface area contributed by atoms with Crippen LogP contribution in [0.15, 0.2) is 18.2 Å². The molecule has 0 saturated carbocycles. The van der Waals surface area contributed by atoms with E-state index in [2.05, 4.69) is 25.7 Å². The lowest BCUT2D eigenvalue weighted by atomic mass is 10.0. The molecule has 1 amide bonds. The molecule has 0 saturated heterocycles. The second-order valence-corrected chi connectivity index (χ2v) is 7.25. The van der Waals surface area contributed by atoms with Gasteiger partial charge in [0.2, 0.25) is 5.91 Å². The van der Waals surface area contributed by atoms with Crippen molar-refractivity contribution < 1.29 is 9.18 Å². The number of aryl methyl sites for hydroxylation is 2. The minimum absolute atomic E-state index is 0.0325. The van der Waals surface area contributed by atoms with Gasteiger partial charge < -0.3 is 4.90 Å². The number of carbonyl (C=O) groups excluding carboxylic acids is 1. The highest BCUT2D eigenvalue weighted by atomic mass is 35.5. The number of nitrogens with one attached hydrogen (secondary N) is 1. The molecule has 0 bridgehead atoms. The van der Waals surface area contributed by atoms with Crippen molar-refractivity contribution in [1.29, 1.82) is 0 Å². The molecule has 2 aromatic heterocycles. The van der Waals surface area contributed by atoms with E-state index < -0.39 is 0 Å². The fourth-order valence-electron chi connectivity index (χ4n) is 3.50. The molecule has 1 aliphatic rings. The van der Waals surface area contributed by atoms with E-state index in [4.69, 9.17) is 11.6 Å². The van der Waals surface area contributed by atoms with Gasteiger partial charge in [0, 0.05) is 30.0 Å². The number of rotatable bonds is 5. The summed E-state index contributed by atoms with van der Waals surface area (Å²) in [7, 11) is 0. The van der Waals surface area contributed by atoms with Gasteiger partial charge in [-0.25, -0.2) is 9.49 Å². The largest absolute Gasteiger partial charge is 0.336 e. The van der Waals surface area contributed by atoms with Crippen molar-refractivity contribution in [3.05, 3.63) is 57.4 Å². The Bertz CT molecular complexity index is 1000. The summed E-state index contributed by atoms with van der Waals surface area (Å²) in [5.41, 5.74) is 3.52. The van der Waals surface area contributed by atoms with E-state index in [0.717, 1.165) is 23.4 Å². The predicted molar refractivity (Wildman–Crippen MR) is 99.1 cm³/mol. The van der Waals surface area contributed by atoms with Gasteiger partial charge in [-0.15, -0.1) is 5.10 Å². The van der Waals surface area contributed by atoms with Crippen molar-refractivity contribution in [2.24, 2.45) is 0 Å². The van der Waals surface area contributed by atoms with Gasteiger partial charge >= 0.3 is 0 Å². The SMILES string of the molecule is Cc1nn(Cc2ccc(Cl)cc2F)c2c1CCN(C(=O)CCc1nnn[nH]1)C2. The van der Waals surface area contributed by atoms with Crippen molar-refractivity contribution in [3.63, 3.8) is 0 Å². The van der Waals surface area contributed by atoms with Crippen LogP contribution in [0.5, 0.6) is 0 Å². The first-order valence-corrected chi connectivity index (χ1v) is 9.38. The first-order valence-electron chi connectivity index (χ1n) is 9.00. The molecule has 1 aliphatic heterocycles. The van der Waals surface area contributed by atoms with Crippen LogP contribution in [0.3, 0.4) is 0 Å². The molecule has 10 heteroatoms. The van der Waals surface area contributed by atoms with E-state index in [1.807, 2.05) is 11.8 Å². The lowest BCUT2D eigenvalue weighted by molar-refractivity contribution is -0.132. The molecule has 3 aromatic rings. The zero-order chi connectivity index (χ0) is 19.7. The van der Waals surface area contributed by atoms with Crippen molar-refractivity contribution in [2.75, 3.05) is 6.54 Å². The Kier molecular flexibility index (Phi) is 5.08. The quantitative estimate of drug-likeness (QED) is 0.704. The zero-order valence-electron chi connectivity index (χ0n) is 15.3. The molecule has 4 rings (SSSR count). The molecule has 28 heavy (non-hydrogen) atoms. The maximum atomic E-state index is 14.2. The maximum Gasteiger partial charge on any atom is 0.223 e. The lowest BCUT2D eigenvalue weighted by Crippen LogP contribution is -2.37. The normalized spacial score (nSPS) is 13.6. The van der Waals surface area contributed by atoms with Gasteiger partial charge in [-0.1, -0.05) is 17.7 Å². The van der Waals surface area contributed by atoms with Crippen LogP contribution in [-0.2, 0) is 30.7 Å². The number of aromatic amines is 1. The second kappa shape index (κ2) is 7.67. The number of nitrogens with zero attached hydrogens (tertiary/aromatic N) is 6. The summed E-state index contributed by atoms with van der Waals surface area (Å²) in [6.45, 7) is 3.34. The molecular weight excluding hydrogens is 385 g/mol. The zero-order valence-corrected chi connectivity index (χ0v) is 16.1. The molecule has 3 heterocycles. The smallest absolute Gasteiger partial charge is 0.223 e. The lowest BCUT2D eigenvalue weighted by Gasteiger charge is -2.28. The molecule has 0 unspecified atom stereocenters. The third-order valence-electron chi connectivity index (χ3n) is 4.99. The maximum absolute atomic E-state index is 14.2. The third-order valence-corrected chi connectivity index (χ3v) is 5.23. The minimum atomic E-state index is -0.362. The van der Waals surface area contributed by atoms with Crippen LogP contribution < -0.4 is 0 Å². The summed E-state index contributed by atoms with van der Waals surface area (Å²) in [4.78, 5) is 14.4. The van der Waals surface area contributed by atoms with Crippen LogP contribution in [0.1, 0.15) is 34.8 Å². The number of fused-ring (bicyclic) bond motifs is 1. The van der Waals surface area contributed by atoms with Gasteiger partial charge in [0.05, 0.1) is 24.5 Å². The number of H-pyrrole nitrogens is 1. The third kappa shape index (κ3) is 3.75. The van der Waals surface area contributed by atoms with Gasteiger partial charge in [-0.05, 0) is 41.5 Å².